The summed E-state index contributed by atoms with van der Waals surface area (Å²) in [6, 6.07) is 1.30. The van der Waals surface area contributed by atoms with E-state index in [0.29, 0.717) is 6.04 Å². The highest BCUT2D eigenvalue weighted by Crippen LogP contribution is 2.26. The summed E-state index contributed by atoms with van der Waals surface area (Å²) >= 11 is 0. The molecule has 0 radical (unpaired) electrons. The number of nitrogens with zero attached hydrogens (tertiary/aromatic N) is 3. The third-order valence-corrected chi connectivity index (χ3v) is 5.30. The van der Waals surface area contributed by atoms with Crippen LogP contribution in [0.15, 0.2) is 4.99 Å². The van der Waals surface area contributed by atoms with Gasteiger partial charge >= 0.3 is 0 Å². The summed E-state index contributed by atoms with van der Waals surface area (Å²) in [6.07, 6.45) is 16.2. The Kier molecular flexibility index (Phi) is 7.54. The first-order valence-corrected chi connectivity index (χ1v) is 9.74. The van der Waals surface area contributed by atoms with Crippen LogP contribution < -0.4 is 0 Å². The Morgan fingerprint density at radius 1 is 0.909 bits per heavy atom. The average molecular weight is 308 g/mol. The number of unbranched alkanes of at least 4 members (excludes halogenated alkanes) is 1. The van der Waals surface area contributed by atoms with Crippen LogP contribution in [0.3, 0.4) is 0 Å². The van der Waals surface area contributed by atoms with Crippen molar-refractivity contribution < 1.29 is 0 Å². The van der Waals surface area contributed by atoms with Gasteiger partial charge in [-0.25, -0.2) is 4.99 Å². The molecular weight excluding hydrogens is 270 g/mol. The highest BCUT2D eigenvalue weighted by atomic mass is 15.4. The van der Waals surface area contributed by atoms with Gasteiger partial charge in [-0.3, -0.25) is 0 Å². The molecule has 2 aliphatic rings. The van der Waals surface area contributed by atoms with Crippen molar-refractivity contribution in [3.63, 3.8) is 0 Å². The molecule has 0 spiro atoms. The van der Waals surface area contributed by atoms with Gasteiger partial charge in [0.15, 0.2) is 5.96 Å². The maximum Gasteiger partial charge on any atom is 0.196 e. The molecule has 0 aliphatic heterocycles. The van der Waals surface area contributed by atoms with Gasteiger partial charge < -0.3 is 9.80 Å². The largest absolute Gasteiger partial charge is 0.349 e. The molecule has 0 amide bonds. The number of hydrogen-bond donors (Lipinski definition) is 0. The van der Waals surface area contributed by atoms with Crippen LogP contribution in [0.5, 0.6) is 0 Å². The molecule has 0 heterocycles. The van der Waals surface area contributed by atoms with E-state index in [2.05, 4.69) is 30.8 Å². The molecule has 3 heteroatoms. The maximum absolute atomic E-state index is 5.23. The van der Waals surface area contributed by atoms with Crippen molar-refractivity contribution in [3.05, 3.63) is 0 Å². The Hall–Kier alpha value is -0.730. The second-order valence-electron chi connectivity index (χ2n) is 7.45. The molecule has 3 nitrogen and oxygen atoms in total. The molecule has 0 N–H and O–H groups in total. The Bertz CT molecular complexity index is 326. The van der Waals surface area contributed by atoms with Crippen molar-refractivity contribution in [1.29, 1.82) is 0 Å². The maximum atomic E-state index is 5.23. The van der Waals surface area contributed by atoms with E-state index in [0.717, 1.165) is 6.04 Å². The molecule has 2 fully saturated rings. The van der Waals surface area contributed by atoms with Crippen molar-refractivity contribution in [2.75, 3.05) is 20.6 Å². The number of hydrogen-bond acceptors (Lipinski definition) is 1. The highest BCUT2D eigenvalue weighted by Gasteiger charge is 2.26. The van der Waals surface area contributed by atoms with E-state index >= 15 is 0 Å². The molecule has 0 aromatic carbocycles. The Morgan fingerprint density at radius 2 is 1.50 bits per heavy atom. The molecular formula is C19H37N3. The predicted molar refractivity (Wildman–Crippen MR) is 96.5 cm³/mol. The van der Waals surface area contributed by atoms with Crippen LogP contribution in [-0.4, -0.2) is 48.5 Å². The van der Waals surface area contributed by atoms with Gasteiger partial charge in [-0.2, -0.15) is 0 Å². The van der Waals surface area contributed by atoms with E-state index in [1.165, 1.54) is 89.6 Å². The van der Waals surface area contributed by atoms with Gasteiger partial charge in [-0.1, -0.05) is 51.9 Å². The standard InChI is InChI=1S/C19H37N3/c1-4-5-16-22(18-14-10-7-11-15-18)19(21(2)3)20-17-12-8-6-9-13-17/h17-18H,4-16H2,1-3H3. The second-order valence-corrected chi connectivity index (χ2v) is 7.45. The molecule has 0 bridgehead atoms. The molecule has 0 aromatic rings. The van der Waals surface area contributed by atoms with Crippen molar-refractivity contribution in [2.45, 2.75) is 96.1 Å². The van der Waals surface area contributed by atoms with Crippen LogP contribution in [-0.2, 0) is 0 Å². The summed E-state index contributed by atoms with van der Waals surface area (Å²) in [5.74, 6) is 1.27. The van der Waals surface area contributed by atoms with Crippen LogP contribution in [0.4, 0.5) is 0 Å². The van der Waals surface area contributed by atoms with Crippen molar-refractivity contribution >= 4 is 5.96 Å². The minimum atomic E-state index is 0.568. The van der Waals surface area contributed by atoms with E-state index < -0.39 is 0 Å². The summed E-state index contributed by atoms with van der Waals surface area (Å²) in [5.41, 5.74) is 0. The third kappa shape index (κ3) is 5.17. The topological polar surface area (TPSA) is 18.8 Å². The normalized spacial score (nSPS) is 21.9. The first-order chi connectivity index (χ1) is 10.7. The fraction of sp³-hybridized carbons (Fsp3) is 0.947. The zero-order valence-electron chi connectivity index (χ0n) is 15.2. The van der Waals surface area contributed by atoms with Gasteiger partial charge in [0, 0.05) is 26.7 Å². The minimum absolute atomic E-state index is 0.568. The lowest BCUT2D eigenvalue weighted by atomic mass is 9.94. The Balaban J connectivity index is 2.12. The lowest BCUT2D eigenvalue weighted by Gasteiger charge is -2.39. The van der Waals surface area contributed by atoms with Crippen LogP contribution in [0.1, 0.15) is 84.0 Å². The van der Waals surface area contributed by atoms with Crippen LogP contribution in [0, 0.1) is 0 Å². The van der Waals surface area contributed by atoms with E-state index in [-0.39, 0.29) is 0 Å². The average Bonchev–Trinajstić information content (AvgIpc) is 2.56. The molecule has 0 unspecified atom stereocenters. The summed E-state index contributed by atoms with van der Waals surface area (Å²) < 4.78 is 0. The summed E-state index contributed by atoms with van der Waals surface area (Å²) in [7, 11) is 4.37. The van der Waals surface area contributed by atoms with Crippen molar-refractivity contribution in [3.8, 4) is 0 Å². The zero-order valence-corrected chi connectivity index (χ0v) is 15.2. The molecule has 2 aliphatic carbocycles. The molecule has 0 aromatic heterocycles. The molecule has 0 saturated heterocycles. The summed E-state index contributed by atoms with van der Waals surface area (Å²) in [4.78, 5) is 10.2. The summed E-state index contributed by atoms with van der Waals surface area (Å²) in [5, 5.41) is 0. The van der Waals surface area contributed by atoms with Gasteiger partial charge in [-0.15, -0.1) is 0 Å². The Labute approximate surface area is 138 Å². The van der Waals surface area contributed by atoms with E-state index in [1.807, 2.05) is 0 Å². The molecule has 128 valence electrons. The third-order valence-electron chi connectivity index (χ3n) is 5.30. The van der Waals surface area contributed by atoms with Crippen molar-refractivity contribution in [2.24, 2.45) is 4.99 Å². The quantitative estimate of drug-likeness (QED) is 0.543. The highest BCUT2D eigenvalue weighted by molar-refractivity contribution is 5.80. The predicted octanol–water partition coefficient (Wildman–Crippen LogP) is 4.67. The van der Waals surface area contributed by atoms with E-state index in [9.17, 15) is 0 Å². The zero-order chi connectivity index (χ0) is 15.8. The van der Waals surface area contributed by atoms with Gasteiger partial charge in [-0.05, 0) is 32.1 Å². The smallest absolute Gasteiger partial charge is 0.196 e. The van der Waals surface area contributed by atoms with Crippen LogP contribution in [0.2, 0.25) is 0 Å². The van der Waals surface area contributed by atoms with Gasteiger partial charge in [0.2, 0.25) is 0 Å². The molecule has 2 rings (SSSR count). The van der Waals surface area contributed by atoms with Gasteiger partial charge in [0.25, 0.3) is 0 Å². The summed E-state index contributed by atoms with van der Waals surface area (Å²) in [6.45, 7) is 3.48. The van der Waals surface area contributed by atoms with Crippen molar-refractivity contribution in [1.82, 2.24) is 9.80 Å². The van der Waals surface area contributed by atoms with Crippen LogP contribution in [0.25, 0.3) is 0 Å². The first-order valence-electron chi connectivity index (χ1n) is 9.74. The van der Waals surface area contributed by atoms with E-state index in [4.69, 9.17) is 4.99 Å². The SMILES string of the molecule is CCCCN(C(=NC1CCCCC1)N(C)C)C1CCCCC1. The molecule has 2 saturated carbocycles. The molecule has 22 heavy (non-hydrogen) atoms. The fourth-order valence-corrected chi connectivity index (χ4v) is 3.99. The fourth-order valence-electron chi connectivity index (χ4n) is 3.99. The number of guanidine groups is 1. The number of aliphatic imine (C=N–C) groups is 1. The second kappa shape index (κ2) is 9.42. The van der Waals surface area contributed by atoms with Gasteiger partial charge in [0.05, 0.1) is 6.04 Å². The lowest BCUT2D eigenvalue weighted by molar-refractivity contribution is 0.219. The minimum Gasteiger partial charge on any atom is -0.349 e. The molecule has 0 atom stereocenters. The Morgan fingerprint density at radius 3 is 2.05 bits per heavy atom. The monoisotopic (exact) mass is 307 g/mol. The van der Waals surface area contributed by atoms with E-state index in [1.54, 1.807) is 0 Å². The first kappa shape index (κ1) is 17.6. The van der Waals surface area contributed by atoms with Crippen LogP contribution >= 0.6 is 0 Å². The number of rotatable bonds is 5. The lowest BCUT2D eigenvalue weighted by Crippen LogP contribution is -2.48. The van der Waals surface area contributed by atoms with Gasteiger partial charge in [0.1, 0.15) is 0 Å².